The SMILES string of the molecule is COc1ccc(NC(=O)c2cccc(NS(=O)(=O)c3cccs3)c2)c2cccnc12. The first-order valence-electron chi connectivity index (χ1n) is 8.87. The van der Waals surface area contributed by atoms with Gasteiger partial charge in [0.15, 0.2) is 0 Å². The van der Waals surface area contributed by atoms with Crippen molar-refractivity contribution in [2.45, 2.75) is 4.21 Å². The van der Waals surface area contributed by atoms with Gasteiger partial charge in [-0.15, -0.1) is 11.3 Å². The number of amides is 1. The zero-order valence-electron chi connectivity index (χ0n) is 15.8. The number of fused-ring (bicyclic) bond motifs is 1. The maximum atomic E-state index is 12.8. The first-order chi connectivity index (χ1) is 14.5. The van der Waals surface area contributed by atoms with Crippen molar-refractivity contribution in [1.29, 1.82) is 0 Å². The molecule has 0 aliphatic rings. The zero-order chi connectivity index (χ0) is 21.1. The number of ether oxygens (including phenoxy) is 1. The van der Waals surface area contributed by atoms with Gasteiger partial charge in [-0.3, -0.25) is 14.5 Å². The molecule has 0 aliphatic carbocycles. The van der Waals surface area contributed by atoms with Gasteiger partial charge in [0.2, 0.25) is 0 Å². The third-order valence-corrected chi connectivity index (χ3v) is 7.12. The number of methoxy groups -OCH3 is 1. The molecule has 0 spiro atoms. The Kier molecular flexibility index (Phi) is 5.39. The van der Waals surface area contributed by atoms with Crippen LogP contribution in [-0.4, -0.2) is 26.4 Å². The molecule has 7 nitrogen and oxygen atoms in total. The Morgan fingerprint density at radius 3 is 2.70 bits per heavy atom. The molecule has 0 saturated heterocycles. The highest BCUT2D eigenvalue weighted by Crippen LogP contribution is 2.30. The molecular weight excluding hydrogens is 422 g/mol. The average molecular weight is 440 g/mol. The minimum Gasteiger partial charge on any atom is -0.494 e. The Morgan fingerprint density at radius 2 is 1.93 bits per heavy atom. The highest BCUT2D eigenvalue weighted by molar-refractivity contribution is 7.94. The topological polar surface area (TPSA) is 97.4 Å². The third kappa shape index (κ3) is 3.98. The molecule has 0 saturated carbocycles. The van der Waals surface area contributed by atoms with Gasteiger partial charge in [-0.1, -0.05) is 12.1 Å². The molecule has 0 fully saturated rings. The van der Waals surface area contributed by atoms with Crippen LogP contribution in [0.3, 0.4) is 0 Å². The molecule has 0 aliphatic heterocycles. The number of carbonyl (C=O) groups excluding carboxylic acids is 1. The van der Waals surface area contributed by atoms with Gasteiger partial charge in [0.25, 0.3) is 15.9 Å². The van der Waals surface area contributed by atoms with E-state index in [-0.39, 0.29) is 10.1 Å². The van der Waals surface area contributed by atoms with E-state index in [1.165, 1.54) is 12.1 Å². The molecular formula is C21H17N3O4S2. The number of nitrogens with one attached hydrogen (secondary N) is 2. The first kappa shape index (κ1) is 19.9. The summed E-state index contributed by atoms with van der Waals surface area (Å²) in [6, 6.07) is 16.6. The summed E-state index contributed by atoms with van der Waals surface area (Å²) in [5.74, 6) is 0.232. The molecule has 0 unspecified atom stereocenters. The fourth-order valence-electron chi connectivity index (χ4n) is 2.96. The molecule has 152 valence electrons. The Morgan fingerprint density at radius 1 is 1.07 bits per heavy atom. The summed E-state index contributed by atoms with van der Waals surface area (Å²) in [4.78, 5) is 17.1. The molecule has 4 rings (SSSR count). The number of benzene rings is 2. The van der Waals surface area contributed by atoms with Crippen molar-refractivity contribution in [3.8, 4) is 5.75 Å². The number of rotatable bonds is 6. The number of nitrogens with zero attached hydrogens (tertiary/aromatic N) is 1. The second kappa shape index (κ2) is 8.13. The molecule has 30 heavy (non-hydrogen) atoms. The zero-order valence-corrected chi connectivity index (χ0v) is 17.5. The average Bonchev–Trinajstić information content (AvgIpc) is 3.30. The highest BCUT2D eigenvalue weighted by atomic mass is 32.2. The van der Waals surface area contributed by atoms with Crippen molar-refractivity contribution in [3.05, 3.63) is 77.8 Å². The minimum atomic E-state index is -3.69. The van der Waals surface area contributed by atoms with Crippen LogP contribution in [0.2, 0.25) is 0 Å². The Labute approximate surface area is 177 Å². The maximum Gasteiger partial charge on any atom is 0.271 e. The van der Waals surface area contributed by atoms with E-state index in [1.54, 1.807) is 61.2 Å². The Bertz CT molecular complexity index is 1320. The Balaban J connectivity index is 1.60. The summed E-state index contributed by atoms with van der Waals surface area (Å²) in [7, 11) is -2.13. The summed E-state index contributed by atoms with van der Waals surface area (Å²) < 4.78 is 32.9. The lowest BCUT2D eigenvalue weighted by atomic mass is 10.1. The lowest BCUT2D eigenvalue weighted by molar-refractivity contribution is 0.102. The van der Waals surface area contributed by atoms with Crippen molar-refractivity contribution >= 4 is 49.5 Å². The lowest BCUT2D eigenvalue weighted by Crippen LogP contribution is -2.14. The summed E-state index contributed by atoms with van der Waals surface area (Å²) in [6.45, 7) is 0. The molecule has 2 aromatic heterocycles. The number of pyridine rings is 1. The van der Waals surface area contributed by atoms with Crippen LogP contribution in [0.25, 0.3) is 10.9 Å². The Hall–Kier alpha value is -3.43. The van der Waals surface area contributed by atoms with Gasteiger partial charge in [0.1, 0.15) is 15.5 Å². The van der Waals surface area contributed by atoms with E-state index in [9.17, 15) is 13.2 Å². The number of anilines is 2. The van der Waals surface area contributed by atoms with Crippen molar-refractivity contribution in [3.63, 3.8) is 0 Å². The highest BCUT2D eigenvalue weighted by Gasteiger charge is 2.17. The van der Waals surface area contributed by atoms with Crippen molar-refractivity contribution < 1.29 is 17.9 Å². The molecule has 0 radical (unpaired) electrons. The number of aromatic nitrogens is 1. The maximum absolute atomic E-state index is 12.8. The molecule has 0 bridgehead atoms. The fraction of sp³-hybridized carbons (Fsp3) is 0.0476. The van der Waals surface area contributed by atoms with Crippen LogP contribution in [0.15, 0.2) is 76.4 Å². The predicted octanol–water partition coefficient (Wildman–Crippen LogP) is 4.36. The van der Waals surface area contributed by atoms with E-state index in [0.717, 1.165) is 16.7 Å². The van der Waals surface area contributed by atoms with Crippen LogP contribution in [0, 0.1) is 0 Å². The van der Waals surface area contributed by atoms with E-state index >= 15 is 0 Å². The van der Waals surface area contributed by atoms with Crippen LogP contribution in [0.1, 0.15) is 10.4 Å². The summed E-state index contributed by atoms with van der Waals surface area (Å²) in [6.07, 6.45) is 1.65. The summed E-state index contributed by atoms with van der Waals surface area (Å²) >= 11 is 1.12. The number of sulfonamides is 1. The molecule has 2 N–H and O–H groups in total. The smallest absolute Gasteiger partial charge is 0.271 e. The fourth-order valence-corrected chi connectivity index (χ4v) is 5.00. The van der Waals surface area contributed by atoms with Crippen molar-refractivity contribution in [1.82, 2.24) is 4.98 Å². The number of carbonyl (C=O) groups is 1. The quantitative estimate of drug-likeness (QED) is 0.465. The van der Waals surface area contributed by atoms with Crippen LogP contribution >= 0.6 is 11.3 Å². The van der Waals surface area contributed by atoms with Gasteiger partial charge in [-0.25, -0.2) is 8.42 Å². The third-order valence-electron chi connectivity index (χ3n) is 4.34. The molecule has 4 aromatic rings. The van der Waals surface area contributed by atoms with Crippen LogP contribution < -0.4 is 14.8 Å². The standard InChI is InChI=1S/C21H17N3O4S2/c1-28-18-10-9-17(16-7-3-11-22-20(16)18)23-21(25)14-5-2-6-15(13-14)24-30(26,27)19-8-4-12-29-19/h2-13,24H,1H3,(H,23,25). The van der Waals surface area contributed by atoms with E-state index in [1.807, 2.05) is 6.07 Å². The van der Waals surface area contributed by atoms with Gasteiger partial charge in [0, 0.05) is 22.8 Å². The number of hydrogen-bond donors (Lipinski definition) is 2. The second-order valence-corrected chi connectivity index (χ2v) is 9.14. The number of hydrogen-bond acceptors (Lipinski definition) is 6. The van der Waals surface area contributed by atoms with Crippen LogP contribution in [0.4, 0.5) is 11.4 Å². The van der Waals surface area contributed by atoms with Gasteiger partial charge < -0.3 is 10.1 Å². The molecule has 9 heteroatoms. The normalized spacial score (nSPS) is 11.2. The minimum absolute atomic E-state index is 0.203. The predicted molar refractivity (Wildman–Crippen MR) is 118 cm³/mol. The van der Waals surface area contributed by atoms with Crippen LogP contribution in [0.5, 0.6) is 5.75 Å². The van der Waals surface area contributed by atoms with Gasteiger partial charge in [0.05, 0.1) is 12.8 Å². The van der Waals surface area contributed by atoms with E-state index in [4.69, 9.17) is 4.74 Å². The van der Waals surface area contributed by atoms with E-state index in [0.29, 0.717) is 28.2 Å². The van der Waals surface area contributed by atoms with Gasteiger partial charge in [-0.05, 0) is 53.9 Å². The van der Waals surface area contributed by atoms with E-state index < -0.39 is 10.0 Å². The van der Waals surface area contributed by atoms with Crippen molar-refractivity contribution in [2.75, 3.05) is 17.1 Å². The van der Waals surface area contributed by atoms with Crippen LogP contribution in [-0.2, 0) is 10.0 Å². The van der Waals surface area contributed by atoms with Gasteiger partial charge in [-0.2, -0.15) is 0 Å². The molecule has 2 heterocycles. The van der Waals surface area contributed by atoms with Crippen molar-refractivity contribution in [2.24, 2.45) is 0 Å². The largest absolute Gasteiger partial charge is 0.494 e. The first-order valence-corrected chi connectivity index (χ1v) is 11.2. The molecule has 1 amide bonds. The lowest BCUT2D eigenvalue weighted by Gasteiger charge is -2.12. The molecule has 0 atom stereocenters. The summed E-state index contributed by atoms with van der Waals surface area (Å²) in [5.41, 5.74) is 1.83. The van der Waals surface area contributed by atoms with E-state index in [2.05, 4.69) is 15.0 Å². The second-order valence-electron chi connectivity index (χ2n) is 6.29. The number of thiophene rings is 1. The summed E-state index contributed by atoms with van der Waals surface area (Å²) in [5, 5.41) is 5.28. The monoisotopic (exact) mass is 439 g/mol. The molecule has 2 aromatic carbocycles. The van der Waals surface area contributed by atoms with Gasteiger partial charge >= 0.3 is 0 Å².